The van der Waals surface area contributed by atoms with Crippen LogP contribution in [0.2, 0.25) is 0 Å². The Morgan fingerprint density at radius 3 is 2.67 bits per heavy atom. The van der Waals surface area contributed by atoms with Gasteiger partial charge in [-0.05, 0) is 48.7 Å². The van der Waals surface area contributed by atoms with Crippen molar-refractivity contribution in [1.29, 1.82) is 0 Å². The normalized spacial score (nSPS) is 24.5. The minimum atomic E-state index is -0.509. The standard InChI is InChI=1S/C15H19BrN2O3/c1-15(4-2-3-5-17-15)14(19)18-11-9-13-12(8-10(11)16)20-6-7-21-13/h8-9,17H,2-7H2,1H3,(H,18,19). The first-order chi connectivity index (χ1) is 10.1. The van der Waals surface area contributed by atoms with Crippen molar-refractivity contribution in [3.63, 3.8) is 0 Å². The molecule has 2 N–H and O–H groups in total. The zero-order valence-corrected chi connectivity index (χ0v) is 13.6. The van der Waals surface area contributed by atoms with E-state index in [1.165, 1.54) is 0 Å². The second-order valence-electron chi connectivity index (χ2n) is 5.65. The number of benzene rings is 1. The van der Waals surface area contributed by atoms with E-state index >= 15 is 0 Å². The van der Waals surface area contributed by atoms with E-state index in [2.05, 4.69) is 26.6 Å². The number of amides is 1. The highest BCUT2D eigenvalue weighted by atomic mass is 79.9. The number of nitrogens with one attached hydrogen (secondary N) is 2. The van der Waals surface area contributed by atoms with Crippen molar-refractivity contribution in [1.82, 2.24) is 5.32 Å². The van der Waals surface area contributed by atoms with Crippen LogP contribution >= 0.6 is 15.9 Å². The molecule has 0 radical (unpaired) electrons. The summed E-state index contributed by atoms with van der Waals surface area (Å²) in [6.45, 7) is 3.91. The van der Waals surface area contributed by atoms with E-state index in [0.717, 1.165) is 30.3 Å². The molecule has 114 valence electrons. The Bertz CT molecular complexity index is 556. The Morgan fingerprint density at radius 2 is 2.00 bits per heavy atom. The minimum absolute atomic E-state index is 0.0143. The molecular formula is C15H19BrN2O3. The fourth-order valence-corrected chi connectivity index (χ4v) is 3.09. The van der Waals surface area contributed by atoms with Gasteiger partial charge >= 0.3 is 0 Å². The first-order valence-electron chi connectivity index (χ1n) is 7.24. The highest BCUT2D eigenvalue weighted by Gasteiger charge is 2.34. The molecule has 2 aliphatic heterocycles. The van der Waals surface area contributed by atoms with Crippen LogP contribution in [0.15, 0.2) is 16.6 Å². The number of hydrogen-bond acceptors (Lipinski definition) is 4. The molecule has 2 aliphatic rings. The summed E-state index contributed by atoms with van der Waals surface area (Å²) in [5.41, 5.74) is 0.197. The van der Waals surface area contributed by atoms with E-state index in [1.807, 2.05) is 19.1 Å². The molecule has 1 fully saturated rings. The number of fused-ring (bicyclic) bond motifs is 1. The van der Waals surface area contributed by atoms with E-state index in [9.17, 15) is 4.79 Å². The first kappa shape index (κ1) is 14.7. The number of piperidine rings is 1. The molecule has 1 aromatic rings. The minimum Gasteiger partial charge on any atom is -0.486 e. The van der Waals surface area contributed by atoms with Gasteiger partial charge in [0.25, 0.3) is 0 Å². The number of hydrogen-bond donors (Lipinski definition) is 2. The zero-order valence-electron chi connectivity index (χ0n) is 12.0. The molecule has 0 aromatic heterocycles. The molecule has 5 nitrogen and oxygen atoms in total. The Hall–Kier alpha value is -1.27. The van der Waals surface area contributed by atoms with Gasteiger partial charge in [-0.2, -0.15) is 0 Å². The van der Waals surface area contributed by atoms with Crippen LogP contribution in [0.3, 0.4) is 0 Å². The number of ether oxygens (including phenoxy) is 2. The molecule has 0 spiro atoms. The predicted molar refractivity (Wildman–Crippen MR) is 84.0 cm³/mol. The predicted octanol–water partition coefficient (Wildman–Crippen LogP) is 2.69. The van der Waals surface area contributed by atoms with Gasteiger partial charge < -0.3 is 20.1 Å². The summed E-state index contributed by atoms with van der Waals surface area (Å²) in [6, 6.07) is 3.64. The summed E-state index contributed by atoms with van der Waals surface area (Å²) in [6.07, 6.45) is 3.04. The van der Waals surface area contributed by atoms with Crippen molar-refractivity contribution in [3.8, 4) is 11.5 Å². The third-order valence-corrected chi connectivity index (χ3v) is 4.66. The maximum absolute atomic E-state index is 12.5. The van der Waals surface area contributed by atoms with E-state index in [4.69, 9.17) is 9.47 Å². The van der Waals surface area contributed by atoms with Gasteiger partial charge in [0.1, 0.15) is 13.2 Å². The van der Waals surface area contributed by atoms with E-state index in [-0.39, 0.29) is 5.91 Å². The van der Waals surface area contributed by atoms with Crippen LogP contribution in [0.1, 0.15) is 26.2 Å². The zero-order chi connectivity index (χ0) is 14.9. The first-order valence-corrected chi connectivity index (χ1v) is 8.03. The van der Waals surface area contributed by atoms with Gasteiger partial charge in [-0.15, -0.1) is 0 Å². The topological polar surface area (TPSA) is 59.6 Å². The fourth-order valence-electron chi connectivity index (χ4n) is 2.67. The van der Waals surface area contributed by atoms with Crippen LogP contribution in [0.25, 0.3) is 0 Å². The van der Waals surface area contributed by atoms with Crippen LogP contribution in [-0.4, -0.2) is 31.2 Å². The van der Waals surface area contributed by atoms with E-state index in [1.54, 1.807) is 0 Å². The quantitative estimate of drug-likeness (QED) is 0.857. The SMILES string of the molecule is CC1(C(=O)Nc2cc3c(cc2Br)OCCO3)CCCCN1. The lowest BCUT2D eigenvalue weighted by atomic mass is 9.90. The molecular weight excluding hydrogens is 336 g/mol. The molecule has 2 heterocycles. The van der Waals surface area contributed by atoms with E-state index < -0.39 is 5.54 Å². The van der Waals surface area contributed by atoms with Gasteiger partial charge in [0.05, 0.1) is 11.2 Å². The Morgan fingerprint density at radius 1 is 1.29 bits per heavy atom. The van der Waals surface area contributed by atoms with Gasteiger partial charge in [0.2, 0.25) is 5.91 Å². The molecule has 1 atom stereocenters. The van der Waals surface area contributed by atoms with Crippen molar-refractivity contribution in [2.45, 2.75) is 31.7 Å². The summed E-state index contributed by atoms with van der Waals surface area (Å²) in [4.78, 5) is 12.5. The smallest absolute Gasteiger partial charge is 0.244 e. The third kappa shape index (κ3) is 3.01. The summed E-state index contributed by atoms with van der Waals surface area (Å²) < 4.78 is 11.9. The Balaban J connectivity index is 1.79. The van der Waals surface area contributed by atoms with Crippen LogP contribution in [0, 0.1) is 0 Å². The maximum Gasteiger partial charge on any atom is 0.244 e. The molecule has 1 aromatic carbocycles. The molecule has 1 unspecified atom stereocenters. The third-order valence-electron chi connectivity index (χ3n) is 4.00. The van der Waals surface area contributed by atoms with Gasteiger partial charge in [0, 0.05) is 16.6 Å². The van der Waals surface area contributed by atoms with Crippen LogP contribution in [-0.2, 0) is 4.79 Å². The van der Waals surface area contributed by atoms with Crippen molar-refractivity contribution in [2.75, 3.05) is 25.1 Å². The highest BCUT2D eigenvalue weighted by Crippen LogP contribution is 2.38. The van der Waals surface area contributed by atoms with Gasteiger partial charge in [-0.3, -0.25) is 4.79 Å². The van der Waals surface area contributed by atoms with Crippen molar-refractivity contribution >= 4 is 27.5 Å². The number of carbonyl (C=O) groups is 1. The molecule has 1 saturated heterocycles. The second kappa shape index (κ2) is 5.85. The average molecular weight is 355 g/mol. The fraction of sp³-hybridized carbons (Fsp3) is 0.533. The van der Waals surface area contributed by atoms with Crippen LogP contribution in [0.5, 0.6) is 11.5 Å². The Kier molecular flexibility index (Phi) is 4.08. The lowest BCUT2D eigenvalue weighted by Crippen LogP contribution is -2.54. The van der Waals surface area contributed by atoms with Crippen molar-refractivity contribution < 1.29 is 14.3 Å². The van der Waals surface area contributed by atoms with Crippen molar-refractivity contribution in [3.05, 3.63) is 16.6 Å². The molecule has 3 rings (SSSR count). The molecule has 6 heteroatoms. The van der Waals surface area contributed by atoms with Gasteiger partial charge in [-0.25, -0.2) is 0 Å². The van der Waals surface area contributed by atoms with Gasteiger partial charge in [0.15, 0.2) is 11.5 Å². The summed E-state index contributed by atoms with van der Waals surface area (Å²) in [7, 11) is 0. The molecule has 0 bridgehead atoms. The number of rotatable bonds is 2. The highest BCUT2D eigenvalue weighted by molar-refractivity contribution is 9.10. The number of anilines is 1. The van der Waals surface area contributed by atoms with Gasteiger partial charge in [-0.1, -0.05) is 0 Å². The second-order valence-corrected chi connectivity index (χ2v) is 6.50. The summed E-state index contributed by atoms with van der Waals surface area (Å²) in [5.74, 6) is 1.36. The molecule has 0 aliphatic carbocycles. The largest absolute Gasteiger partial charge is 0.486 e. The number of carbonyl (C=O) groups excluding carboxylic acids is 1. The lowest BCUT2D eigenvalue weighted by molar-refractivity contribution is -0.122. The molecule has 1 amide bonds. The molecule has 21 heavy (non-hydrogen) atoms. The maximum atomic E-state index is 12.5. The Labute approximate surface area is 132 Å². The van der Waals surface area contributed by atoms with E-state index in [0.29, 0.717) is 30.4 Å². The average Bonchev–Trinajstić information content (AvgIpc) is 2.48. The monoisotopic (exact) mass is 354 g/mol. The van der Waals surface area contributed by atoms with Crippen LogP contribution in [0.4, 0.5) is 5.69 Å². The lowest BCUT2D eigenvalue weighted by Gasteiger charge is -2.33. The van der Waals surface area contributed by atoms with Crippen molar-refractivity contribution in [2.24, 2.45) is 0 Å². The summed E-state index contributed by atoms with van der Waals surface area (Å²) in [5, 5.41) is 6.30. The number of halogens is 1. The summed E-state index contributed by atoms with van der Waals surface area (Å²) >= 11 is 3.47. The molecule has 0 saturated carbocycles. The van der Waals surface area contributed by atoms with Crippen LogP contribution < -0.4 is 20.1 Å².